The van der Waals surface area contributed by atoms with Crippen LogP contribution in [-0.2, 0) is 14.3 Å². The van der Waals surface area contributed by atoms with E-state index in [-0.39, 0.29) is 0 Å². The van der Waals surface area contributed by atoms with Crippen LogP contribution < -0.4 is 0 Å². The molecule has 40 valence electrons. The van der Waals surface area contributed by atoms with Gasteiger partial charge >= 0.3 is 11.9 Å². The molecular weight excluding hydrogens is 98.0 g/mol. The minimum atomic E-state index is -0.562. The van der Waals surface area contributed by atoms with E-state index in [1.54, 1.807) is 0 Å². The summed E-state index contributed by atoms with van der Waals surface area (Å²) >= 11 is 0. The van der Waals surface area contributed by atoms with Crippen molar-refractivity contribution in [2.24, 2.45) is 0 Å². The van der Waals surface area contributed by atoms with Gasteiger partial charge in [-0.15, -0.1) is 0 Å². The Bertz CT molecular complexity index is 83.1. The first kappa shape index (κ1) is 6.14. The van der Waals surface area contributed by atoms with Crippen LogP contribution in [-0.4, -0.2) is 11.9 Å². The number of esters is 2. The van der Waals surface area contributed by atoms with Crippen LogP contribution in [0.1, 0.15) is 13.8 Å². The van der Waals surface area contributed by atoms with E-state index in [4.69, 9.17) is 0 Å². The van der Waals surface area contributed by atoms with E-state index in [0.29, 0.717) is 0 Å². The maximum Gasteiger partial charge on any atom is 0.310 e. The molecule has 0 aromatic carbocycles. The zero-order valence-electron chi connectivity index (χ0n) is 4.22. The summed E-state index contributed by atoms with van der Waals surface area (Å²) in [6, 6.07) is 0. The van der Waals surface area contributed by atoms with Crippen LogP contribution >= 0.6 is 0 Å². The second-order valence-electron chi connectivity index (χ2n) is 1.09. The van der Waals surface area contributed by atoms with Gasteiger partial charge < -0.3 is 4.74 Å². The summed E-state index contributed by atoms with van der Waals surface area (Å²) in [5, 5.41) is 0. The lowest BCUT2D eigenvalue weighted by Crippen LogP contribution is -2.03. The molecule has 0 amide bonds. The molecule has 0 aromatic rings. The molecule has 0 aliphatic heterocycles. The summed E-state index contributed by atoms with van der Waals surface area (Å²) in [5.74, 6) is -1.12. The fourth-order valence-corrected chi connectivity index (χ4v) is 0.202. The summed E-state index contributed by atoms with van der Waals surface area (Å²) in [5.41, 5.74) is 0. The Morgan fingerprint density at radius 1 is 1.14 bits per heavy atom. The van der Waals surface area contributed by atoms with E-state index in [1.807, 2.05) is 0 Å². The smallest absolute Gasteiger partial charge is 0.310 e. The Labute approximate surface area is 41.3 Å². The molecule has 0 aliphatic carbocycles. The van der Waals surface area contributed by atoms with Gasteiger partial charge in [-0.2, -0.15) is 0 Å². The highest BCUT2D eigenvalue weighted by molar-refractivity contribution is 5.82. The van der Waals surface area contributed by atoms with Gasteiger partial charge in [-0.25, -0.2) is 0 Å². The predicted octanol–water partition coefficient (Wildman–Crippen LogP) is 0.0960. The topological polar surface area (TPSA) is 43.4 Å². The minimum absolute atomic E-state index is 0.562. The van der Waals surface area contributed by atoms with Gasteiger partial charge in [0.15, 0.2) is 0 Å². The first-order chi connectivity index (χ1) is 3.13. The maximum absolute atomic E-state index is 9.81. The van der Waals surface area contributed by atoms with Crippen LogP contribution in [0.15, 0.2) is 0 Å². The molecule has 0 saturated carbocycles. The van der Waals surface area contributed by atoms with Crippen LogP contribution in [0.25, 0.3) is 0 Å². The van der Waals surface area contributed by atoms with Crippen LogP contribution in [0.5, 0.6) is 0 Å². The van der Waals surface area contributed by atoms with Crippen molar-refractivity contribution >= 4 is 11.9 Å². The van der Waals surface area contributed by atoms with E-state index in [2.05, 4.69) is 4.74 Å². The summed E-state index contributed by atoms with van der Waals surface area (Å²) in [7, 11) is 0. The molecule has 3 heteroatoms. The quantitative estimate of drug-likeness (QED) is 0.248. The Morgan fingerprint density at radius 2 is 1.43 bits per heavy atom. The van der Waals surface area contributed by atoms with Crippen LogP contribution in [0.2, 0.25) is 0 Å². The van der Waals surface area contributed by atoms with Crippen molar-refractivity contribution in [3.63, 3.8) is 0 Å². The Morgan fingerprint density at radius 3 is 1.43 bits per heavy atom. The third-order valence-electron chi connectivity index (χ3n) is 0.287. The monoisotopic (exact) mass is 104 g/mol. The lowest BCUT2D eigenvalue weighted by atomic mass is 11.0. The van der Waals surface area contributed by atoms with Crippen molar-refractivity contribution in [2.75, 3.05) is 0 Å². The summed E-state index contributed by atoms with van der Waals surface area (Å²) in [6.07, 6.45) is 0. The molecule has 7 heavy (non-hydrogen) atoms. The molecule has 0 saturated heterocycles. The van der Waals surface area contributed by atoms with Gasteiger partial charge in [-0.05, 0) is 0 Å². The van der Waals surface area contributed by atoms with Crippen molar-refractivity contribution in [2.45, 2.75) is 13.8 Å². The van der Waals surface area contributed by atoms with E-state index in [9.17, 15) is 9.59 Å². The highest BCUT2D eigenvalue weighted by atomic mass is 16.6. The van der Waals surface area contributed by atoms with Crippen molar-refractivity contribution < 1.29 is 14.3 Å². The van der Waals surface area contributed by atoms with Gasteiger partial charge in [-0.3, -0.25) is 9.59 Å². The van der Waals surface area contributed by atoms with Gasteiger partial charge in [0, 0.05) is 13.8 Å². The third-order valence-corrected chi connectivity index (χ3v) is 0.287. The first-order valence-electron chi connectivity index (χ1n) is 1.82. The van der Waals surface area contributed by atoms with E-state index in [0.717, 1.165) is 0 Å². The summed E-state index contributed by atoms with van der Waals surface area (Å²) in [6.45, 7) is 2.36. The standard InChI is InChI=1S/C4H6O3/c1-3(5)7-4(2)6/h1-2H3/i1+1,2+1. The van der Waals surface area contributed by atoms with Crippen LogP contribution in [0.3, 0.4) is 0 Å². The normalized spacial score (nSPS) is 7.71. The summed E-state index contributed by atoms with van der Waals surface area (Å²) < 4.78 is 3.97. The van der Waals surface area contributed by atoms with Crippen molar-refractivity contribution in [3.05, 3.63) is 0 Å². The highest BCUT2D eigenvalue weighted by Crippen LogP contribution is 1.73. The second kappa shape index (κ2) is 2.34. The van der Waals surface area contributed by atoms with Gasteiger partial charge in [0.1, 0.15) is 0 Å². The SMILES string of the molecule is [13CH3]C(=O)OC([13CH3])=O. The molecule has 0 atom stereocenters. The third kappa shape index (κ3) is 5.14. The lowest BCUT2D eigenvalue weighted by molar-refractivity contribution is -0.156. The number of carbonyl (C=O) groups is 2. The van der Waals surface area contributed by atoms with E-state index in [1.165, 1.54) is 13.8 Å². The molecule has 0 unspecified atom stereocenters. The Hall–Kier alpha value is -0.860. The minimum Gasteiger partial charge on any atom is -0.394 e. The van der Waals surface area contributed by atoms with E-state index < -0.39 is 11.9 Å². The molecule has 0 heterocycles. The largest absolute Gasteiger partial charge is 0.394 e. The molecule has 0 radical (unpaired) electrons. The highest BCUT2D eigenvalue weighted by Gasteiger charge is 1.93. The molecule has 0 bridgehead atoms. The predicted molar refractivity (Wildman–Crippen MR) is 22.4 cm³/mol. The Balaban J connectivity index is 3.32. The molecule has 3 nitrogen and oxygen atoms in total. The first-order valence-corrected chi connectivity index (χ1v) is 1.82. The molecule has 0 rings (SSSR count). The van der Waals surface area contributed by atoms with Gasteiger partial charge in [-0.1, -0.05) is 0 Å². The average molecular weight is 104 g/mol. The van der Waals surface area contributed by atoms with Crippen LogP contribution in [0.4, 0.5) is 0 Å². The second-order valence-corrected chi connectivity index (χ2v) is 1.09. The fraction of sp³-hybridized carbons (Fsp3) is 0.500. The van der Waals surface area contributed by atoms with Gasteiger partial charge in [0.25, 0.3) is 0 Å². The van der Waals surface area contributed by atoms with Gasteiger partial charge in [0.05, 0.1) is 0 Å². The fourth-order valence-electron chi connectivity index (χ4n) is 0.202. The molecule has 0 fully saturated rings. The molecule has 0 aromatic heterocycles. The number of ether oxygens (including phenoxy) is 1. The average Bonchev–Trinajstić information content (AvgIpc) is 1.27. The van der Waals surface area contributed by atoms with Crippen molar-refractivity contribution in [3.8, 4) is 0 Å². The molecule has 0 spiro atoms. The lowest BCUT2D eigenvalue weighted by Gasteiger charge is -1.87. The zero-order valence-corrected chi connectivity index (χ0v) is 4.22. The number of carbonyl (C=O) groups excluding carboxylic acids is 2. The Kier molecular flexibility index (Phi) is 2.05. The van der Waals surface area contributed by atoms with Crippen LogP contribution in [0, 0.1) is 0 Å². The van der Waals surface area contributed by atoms with Crippen molar-refractivity contribution in [1.82, 2.24) is 0 Å². The number of hydrogen-bond acceptors (Lipinski definition) is 3. The zero-order chi connectivity index (χ0) is 5.86. The number of rotatable bonds is 0. The molecular formula is C4H6O3. The van der Waals surface area contributed by atoms with E-state index >= 15 is 0 Å². The maximum atomic E-state index is 9.81. The summed E-state index contributed by atoms with van der Waals surface area (Å²) in [4.78, 5) is 19.6. The van der Waals surface area contributed by atoms with Crippen molar-refractivity contribution in [1.29, 1.82) is 0 Å². The molecule has 0 aliphatic rings. The molecule has 0 N–H and O–H groups in total. The number of hydrogen-bond donors (Lipinski definition) is 0. The van der Waals surface area contributed by atoms with Gasteiger partial charge in [0.2, 0.25) is 0 Å².